The number of likely N-dealkylation sites (N-methyl/N-ethyl adjacent to an activating group) is 1. The Bertz CT molecular complexity index is 524. The van der Waals surface area contributed by atoms with Crippen molar-refractivity contribution in [2.75, 3.05) is 20.2 Å². The van der Waals surface area contributed by atoms with E-state index in [1.165, 1.54) is 6.92 Å². The lowest BCUT2D eigenvalue weighted by molar-refractivity contribution is -0.143. The number of carbonyl (C=O) groups excluding carboxylic acids is 4. The molecule has 0 aromatic rings. The molecule has 0 heterocycles. The summed E-state index contributed by atoms with van der Waals surface area (Å²) < 4.78 is 5.15. The van der Waals surface area contributed by atoms with Crippen LogP contribution >= 0.6 is 0 Å². The first-order chi connectivity index (χ1) is 11.4. The number of hydrogen-bond donors (Lipinski definition) is 0. The summed E-state index contributed by atoms with van der Waals surface area (Å²) in [6, 6.07) is 0. The molecule has 1 rings (SSSR count). The summed E-state index contributed by atoms with van der Waals surface area (Å²) in [5.41, 5.74) is 0.236. The molecule has 0 saturated heterocycles. The van der Waals surface area contributed by atoms with E-state index in [1.807, 2.05) is 0 Å². The number of Topliss-reactive ketones (excluding diaryl/α,β-unsaturated/α-hetero) is 2. The lowest BCUT2D eigenvalue weighted by Gasteiger charge is -2.25. The molecule has 0 aromatic heterocycles. The van der Waals surface area contributed by atoms with Crippen molar-refractivity contribution in [2.45, 2.75) is 52.4 Å². The molecule has 0 amide bonds. The van der Waals surface area contributed by atoms with Gasteiger partial charge in [-0.3, -0.25) is 19.2 Å². The van der Waals surface area contributed by atoms with E-state index in [2.05, 4.69) is 6.92 Å². The fourth-order valence-electron chi connectivity index (χ4n) is 2.49. The minimum absolute atomic E-state index is 0.236. The van der Waals surface area contributed by atoms with Gasteiger partial charge in [-0.25, -0.2) is 0 Å². The highest BCUT2D eigenvalue weighted by Gasteiger charge is 2.35. The average molecular weight is 337 g/mol. The molecule has 0 spiro atoms. The fraction of sp³-hybridized carbons (Fsp3) is 0.667. The van der Waals surface area contributed by atoms with E-state index in [-0.39, 0.29) is 23.9 Å². The van der Waals surface area contributed by atoms with Crippen molar-refractivity contribution in [1.82, 2.24) is 4.90 Å². The Hall–Kier alpha value is -1.98. The van der Waals surface area contributed by atoms with Gasteiger partial charge in [0.25, 0.3) is 0 Å². The summed E-state index contributed by atoms with van der Waals surface area (Å²) in [6.45, 7) is 4.46. The van der Waals surface area contributed by atoms with Gasteiger partial charge in [0.1, 0.15) is 0 Å². The van der Waals surface area contributed by atoms with Crippen molar-refractivity contribution in [3.63, 3.8) is 0 Å². The normalized spacial score (nSPS) is 17.7. The summed E-state index contributed by atoms with van der Waals surface area (Å²) >= 11 is 0. The quantitative estimate of drug-likeness (QED) is 0.263. The van der Waals surface area contributed by atoms with Crippen LogP contribution in [0.25, 0.3) is 0 Å². The Morgan fingerprint density at radius 2 is 1.83 bits per heavy atom. The summed E-state index contributed by atoms with van der Waals surface area (Å²) in [5, 5.41) is 0. The summed E-state index contributed by atoms with van der Waals surface area (Å²) in [6.07, 6.45) is 6.11. The molecule has 0 radical (unpaired) electrons. The van der Waals surface area contributed by atoms with Crippen molar-refractivity contribution in [2.24, 2.45) is 5.92 Å². The molecule has 0 N–H and O–H groups in total. The van der Waals surface area contributed by atoms with Gasteiger partial charge in [0.2, 0.25) is 11.6 Å². The zero-order chi connectivity index (χ0) is 18.1. The maximum atomic E-state index is 12.1. The molecule has 0 bridgehead atoms. The molecule has 1 atom stereocenters. The van der Waals surface area contributed by atoms with Crippen LogP contribution in [-0.4, -0.2) is 48.4 Å². The number of ether oxygens (including phenoxy) is 1. The number of esters is 1. The molecule has 24 heavy (non-hydrogen) atoms. The third-order valence-corrected chi connectivity index (χ3v) is 4.10. The Morgan fingerprint density at radius 3 is 2.50 bits per heavy atom. The van der Waals surface area contributed by atoms with Crippen molar-refractivity contribution in [3.8, 4) is 0 Å². The third kappa shape index (κ3) is 5.91. The van der Waals surface area contributed by atoms with E-state index in [1.54, 1.807) is 11.9 Å². The Morgan fingerprint density at radius 1 is 1.12 bits per heavy atom. The van der Waals surface area contributed by atoms with Gasteiger partial charge in [-0.2, -0.15) is 0 Å². The number of ketones is 3. The first-order valence-corrected chi connectivity index (χ1v) is 8.59. The first kappa shape index (κ1) is 20.1. The Labute approximate surface area is 143 Å². The van der Waals surface area contributed by atoms with E-state index in [9.17, 15) is 19.2 Å². The van der Waals surface area contributed by atoms with Crippen LogP contribution in [-0.2, 0) is 23.9 Å². The van der Waals surface area contributed by atoms with Crippen LogP contribution < -0.4 is 0 Å². The number of hydrogen-bond acceptors (Lipinski definition) is 6. The topological polar surface area (TPSA) is 80.8 Å². The molecule has 0 fully saturated rings. The molecule has 1 unspecified atom stereocenters. The lowest BCUT2D eigenvalue weighted by Crippen LogP contribution is -2.38. The first-order valence-electron chi connectivity index (χ1n) is 8.59. The zero-order valence-electron chi connectivity index (χ0n) is 14.8. The standard InChI is InChI=1S/C18H27NO5/c1-4-5-6-7-11-24-16(21)9-8-10-19(3)14-12-15(20)18(23)13(2)17(14)22/h12-13H,4-11H2,1-3H3. The molecule has 1 aliphatic carbocycles. The predicted octanol–water partition coefficient (Wildman–Crippen LogP) is 2.06. The molecule has 0 saturated carbocycles. The molecule has 0 aromatic carbocycles. The molecule has 1 aliphatic rings. The highest BCUT2D eigenvalue weighted by atomic mass is 16.5. The molecular weight excluding hydrogens is 310 g/mol. The highest BCUT2D eigenvalue weighted by molar-refractivity contribution is 6.48. The molecule has 6 heteroatoms. The number of rotatable bonds is 10. The monoisotopic (exact) mass is 337 g/mol. The van der Waals surface area contributed by atoms with Crippen LogP contribution in [0.4, 0.5) is 0 Å². The summed E-state index contributed by atoms with van der Waals surface area (Å²) in [7, 11) is 1.68. The Kier molecular flexibility index (Phi) is 8.36. The van der Waals surface area contributed by atoms with Crippen LogP contribution in [0.3, 0.4) is 0 Å². The van der Waals surface area contributed by atoms with Crippen LogP contribution in [0.1, 0.15) is 52.4 Å². The maximum absolute atomic E-state index is 12.1. The minimum atomic E-state index is -0.923. The fourth-order valence-corrected chi connectivity index (χ4v) is 2.49. The largest absolute Gasteiger partial charge is 0.466 e. The van der Waals surface area contributed by atoms with E-state index in [0.29, 0.717) is 19.6 Å². The second-order valence-corrected chi connectivity index (χ2v) is 6.15. The van der Waals surface area contributed by atoms with Gasteiger partial charge in [-0.1, -0.05) is 26.2 Å². The van der Waals surface area contributed by atoms with E-state index in [0.717, 1.165) is 31.8 Å². The summed E-state index contributed by atoms with van der Waals surface area (Å²) in [5.74, 6) is -2.82. The number of allylic oxidation sites excluding steroid dienone is 2. The zero-order valence-corrected chi connectivity index (χ0v) is 14.8. The minimum Gasteiger partial charge on any atom is -0.466 e. The van der Waals surface area contributed by atoms with E-state index >= 15 is 0 Å². The molecular formula is C18H27NO5. The van der Waals surface area contributed by atoms with Crippen molar-refractivity contribution in [1.29, 1.82) is 0 Å². The van der Waals surface area contributed by atoms with Crippen molar-refractivity contribution < 1.29 is 23.9 Å². The van der Waals surface area contributed by atoms with E-state index in [4.69, 9.17) is 4.74 Å². The van der Waals surface area contributed by atoms with Crippen molar-refractivity contribution >= 4 is 23.3 Å². The van der Waals surface area contributed by atoms with Crippen molar-refractivity contribution in [3.05, 3.63) is 11.8 Å². The van der Waals surface area contributed by atoms with Gasteiger partial charge in [-0.15, -0.1) is 0 Å². The van der Waals surface area contributed by atoms with Gasteiger partial charge >= 0.3 is 5.97 Å². The van der Waals surface area contributed by atoms with Gasteiger partial charge in [-0.05, 0) is 19.8 Å². The molecule has 0 aliphatic heterocycles. The van der Waals surface area contributed by atoms with Gasteiger partial charge < -0.3 is 9.64 Å². The smallest absolute Gasteiger partial charge is 0.305 e. The number of unbranched alkanes of at least 4 members (excludes halogenated alkanes) is 3. The third-order valence-electron chi connectivity index (χ3n) is 4.10. The van der Waals surface area contributed by atoms with Gasteiger partial charge in [0, 0.05) is 26.1 Å². The van der Waals surface area contributed by atoms with Gasteiger partial charge in [0.15, 0.2) is 5.78 Å². The van der Waals surface area contributed by atoms with Crippen LogP contribution in [0.2, 0.25) is 0 Å². The average Bonchev–Trinajstić information content (AvgIpc) is 2.55. The second kappa shape index (κ2) is 10.0. The predicted molar refractivity (Wildman–Crippen MR) is 89.2 cm³/mol. The van der Waals surface area contributed by atoms with Crippen LogP contribution in [0, 0.1) is 5.92 Å². The summed E-state index contributed by atoms with van der Waals surface area (Å²) in [4.78, 5) is 48.4. The number of nitrogens with zero attached hydrogens (tertiary/aromatic N) is 1. The number of carbonyl (C=O) groups is 4. The molecule has 6 nitrogen and oxygen atoms in total. The van der Waals surface area contributed by atoms with Crippen LogP contribution in [0.5, 0.6) is 0 Å². The maximum Gasteiger partial charge on any atom is 0.305 e. The van der Waals surface area contributed by atoms with E-state index < -0.39 is 17.5 Å². The van der Waals surface area contributed by atoms with Crippen LogP contribution in [0.15, 0.2) is 11.8 Å². The SMILES string of the molecule is CCCCCCOC(=O)CCCN(C)C1=CC(=O)C(=O)C(C)C1=O. The molecule has 134 valence electrons. The Balaban J connectivity index is 2.33. The second-order valence-electron chi connectivity index (χ2n) is 6.15. The lowest BCUT2D eigenvalue weighted by atomic mass is 9.89. The van der Waals surface area contributed by atoms with Gasteiger partial charge in [0.05, 0.1) is 18.2 Å². The highest BCUT2D eigenvalue weighted by Crippen LogP contribution is 2.18.